The lowest BCUT2D eigenvalue weighted by Gasteiger charge is -2.14. The van der Waals surface area contributed by atoms with Gasteiger partial charge in [-0.15, -0.1) is 11.3 Å². The molecule has 0 fully saturated rings. The van der Waals surface area contributed by atoms with Gasteiger partial charge in [-0.3, -0.25) is 19.7 Å². The number of hydrogen-bond donors (Lipinski definition) is 2. The van der Waals surface area contributed by atoms with Crippen LogP contribution in [-0.4, -0.2) is 28.8 Å². The molecule has 0 saturated carbocycles. The second-order valence-corrected chi connectivity index (χ2v) is 7.30. The highest BCUT2D eigenvalue weighted by atomic mass is 32.1. The molecule has 158 valence electrons. The van der Waals surface area contributed by atoms with E-state index in [0.717, 1.165) is 0 Å². The Labute approximate surface area is 180 Å². The minimum atomic E-state index is -1.12. The second-order valence-electron chi connectivity index (χ2n) is 6.35. The average molecular weight is 439 g/mol. The molecule has 3 rings (SSSR count). The number of nitrogens with one attached hydrogen (secondary N) is 2. The molecule has 0 saturated heterocycles. The van der Waals surface area contributed by atoms with Crippen LogP contribution in [0.5, 0.6) is 0 Å². The molecule has 3 aromatic rings. The van der Waals surface area contributed by atoms with Crippen LogP contribution in [0.15, 0.2) is 66.0 Å². The van der Waals surface area contributed by atoms with E-state index < -0.39 is 22.9 Å². The van der Waals surface area contributed by atoms with Crippen molar-refractivity contribution in [3.63, 3.8) is 0 Å². The van der Waals surface area contributed by atoms with E-state index in [-0.39, 0.29) is 17.2 Å². The Morgan fingerprint density at radius 3 is 2.39 bits per heavy atom. The number of anilines is 2. The summed E-state index contributed by atoms with van der Waals surface area (Å²) in [6, 6.07) is 14.9. The zero-order chi connectivity index (χ0) is 22.4. The van der Waals surface area contributed by atoms with E-state index in [2.05, 4.69) is 10.6 Å². The number of nitrogens with zero attached hydrogens (tertiary/aromatic N) is 1. The average Bonchev–Trinajstić information content (AvgIpc) is 3.29. The maximum absolute atomic E-state index is 12.4. The molecule has 0 aliphatic heterocycles. The Bertz CT molecular complexity index is 1110. The molecule has 0 spiro atoms. The summed E-state index contributed by atoms with van der Waals surface area (Å²) >= 11 is 1.29. The van der Waals surface area contributed by atoms with Crippen LogP contribution in [0.25, 0.3) is 0 Å². The van der Waals surface area contributed by atoms with Gasteiger partial charge in [0.2, 0.25) is 0 Å². The van der Waals surface area contributed by atoms with E-state index in [0.29, 0.717) is 16.3 Å². The Hall–Kier alpha value is -4.05. The lowest BCUT2D eigenvalue weighted by Crippen LogP contribution is -2.30. The van der Waals surface area contributed by atoms with Crippen molar-refractivity contribution in [2.24, 2.45) is 0 Å². The molecule has 9 nitrogen and oxygen atoms in total. The molecular formula is C21H17N3O6S. The van der Waals surface area contributed by atoms with Crippen LogP contribution in [0.1, 0.15) is 27.0 Å². The summed E-state index contributed by atoms with van der Waals surface area (Å²) in [5.74, 6) is -1.63. The lowest BCUT2D eigenvalue weighted by atomic mass is 10.2. The maximum atomic E-state index is 12.4. The summed E-state index contributed by atoms with van der Waals surface area (Å²) < 4.78 is 5.19. The highest BCUT2D eigenvalue weighted by molar-refractivity contribution is 7.12. The molecule has 1 heterocycles. The van der Waals surface area contributed by atoms with E-state index in [4.69, 9.17) is 4.74 Å². The van der Waals surface area contributed by atoms with Gasteiger partial charge in [0.25, 0.3) is 17.5 Å². The van der Waals surface area contributed by atoms with Crippen LogP contribution < -0.4 is 10.6 Å². The molecule has 1 atom stereocenters. The number of rotatable bonds is 7. The molecule has 2 aromatic carbocycles. The van der Waals surface area contributed by atoms with Crippen LogP contribution >= 0.6 is 11.3 Å². The monoisotopic (exact) mass is 439 g/mol. The van der Waals surface area contributed by atoms with Crippen LogP contribution in [0.3, 0.4) is 0 Å². The number of nitro benzene ring substituents is 1. The minimum Gasteiger partial charge on any atom is -0.449 e. The summed E-state index contributed by atoms with van der Waals surface area (Å²) in [6.45, 7) is 1.40. The van der Waals surface area contributed by atoms with Crippen molar-refractivity contribution in [1.82, 2.24) is 0 Å². The minimum absolute atomic E-state index is 0.108. The van der Waals surface area contributed by atoms with Crippen molar-refractivity contribution in [2.45, 2.75) is 13.0 Å². The number of hydrogen-bond acceptors (Lipinski definition) is 7. The Kier molecular flexibility index (Phi) is 6.73. The predicted octanol–water partition coefficient (Wildman–Crippen LogP) is 4.09. The summed E-state index contributed by atoms with van der Waals surface area (Å²) in [4.78, 5) is 47.5. The molecule has 0 aliphatic rings. The second kappa shape index (κ2) is 9.63. The van der Waals surface area contributed by atoms with Gasteiger partial charge in [0, 0.05) is 23.5 Å². The summed E-state index contributed by atoms with van der Waals surface area (Å²) in [5, 5.41) is 17.7. The van der Waals surface area contributed by atoms with E-state index in [1.807, 2.05) is 0 Å². The standard InChI is InChI=1S/C21H17N3O6S/c1-13(19(25)22-15-7-9-17(10-8-15)24(28)29)30-21(27)14-4-2-5-16(12-14)23-20(26)18-6-3-11-31-18/h2-13H,1H3,(H,22,25)(H,23,26). The van der Waals surface area contributed by atoms with Gasteiger partial charge in [0.1, 0.15) is 0 Å². The number of benzene rings is 2. The van der Waals surface area contributed by atoms with Crippen molar-refractivity contribution in [3.05, 3.63) is 86.6 Å². The molecule has 2 N–H and O–H groups in total. The van der Waals surface area contributed by atoms with Crippen molar-refractivity contribution in [3.8, 4) is 0 Å². The first-order valence-corrected chi connectivity index (χ1v) is 9.92. The number of esters is 1. The van der Waals surface area contributed by atoms with E-state index in [9.17, 15) is 24.5 Å². The highest BCUT2D eigenvalue weighted by Crippen LogP contribution is 2.18. The van der Waals surface area contributed by atoms with E-state index in [1.165, 1.54) is 54.7 Å². The first-order chi connectivity index (χ1) is 14.8. The van der Waals surface area contributed by atoms with Gasteiger partial charge >= 0.3 is 5.97 Å². The molecule has 1 unspecified atom stereocenters. The van der Waals surface area contributed by atoms with Crippen molar-refractivity contribution in [1.29, 1.82) is 0 Å². The van der Waals surface area contributed by atoms with Gasteiger partial charge in [-0.25, -0.2) is 4.79 Å². The van der Waals surface area contributed by atoms with E-state index >= 15 is 0 Å². The normalized spacial score (nSPS) is 11.3. The maximum Gasteiger partial charge on any atom is 0.338 e. The van der Waals surface area contributed by atoms with Gasteiger partial charge in [0.05, 0.1) is 15.4 Å². The number of carbonyl (C=O) groups is 3. The first-order valence-electron chi connectivity index (χ1n) is 9.04. The third-order valence-electron chi connectivity index (χ3n) is 4.10. The summed E-state index contributed by atoms with van der Waals surface area (Å²) in [5.41, 5.74) is 0.801. The van der Waals surface area contributed by atoms with Gasteiger partial charge in [-0.05, 0) is 48.7 Å². The number of carbonyl (C=O) groups excluding carboxylic acids is 3. The predicted molar refractivity (Wildman–Crippen MR) is 115 cm³/mol. The van der Waals surface area contributed by atoms with Gasteiger partial charge in [0.15, 0.2) is 6.10 Å². The van der Waals surface area contributed by atoms with Crippen LogP contribution in [0, 0.1) is 10.1 Å². The highest BCUT2D eigenvalue weighted by Gasteiger charge is 2.20. The molecule has 0 aliphatic carbocycles. The number of ether oxygens (including phenoxy) is 1. The first kappa shape index (κ1) is 21.7. The fourth-order valence-corrected chi connectivity index (χ4v) is 3.14. The lowest BCUT2D eigenvalue weighted by molar-refractivity contribution is -0.384. The van der Waals surface area contributed by atoms with Crippen molar-refractivity contribution >= 4 is 46.2 Å². The molecule has 10 heteroatoms. The topological polar surface area (TPSA) is 128 Å². The molecule has 2 amide bonds. The van der Waals surface area contributed by atoms with Crippen LogP contribution in [-0.2, 0) is 9.53 Å². The number of nitro groups is 1. The molecule has 0 bridgehead atoms. The quantitative estimate of drug-likeness (QED) is 0.324. The largest absolute Gasteiger partial charge is 0.449 e. The molecule has 31 heavy (non-hydrogen) atoms. The molecule has 0 radical (unpaired) electrons. The number of thiophene rings is 1. The zero-order valence-corrected chi connectivity index (χ0v) is 17.0. The summed E-state index contributed by atoms with van der Waals surface area (Å²) in [7, 11) is 0. The van der Waals surface area contributed by atoms with Gasteiger partial charge in [-0.2, -0.15) is 0 Å². The number of non-ortho nitro benzene ring substituents is 1. The van der Waals surface area contributed by atoms with E-state index in [1.54, 1.807) is 29.6 Å². The van der Waals surface area contributed by atoms with Crippen molar-refractivity contribution in [2.75, 3.05) is 10.6 Å². The Morgan fingerprint density at radius 2 is 1.74 bits per heavy atom. The van der Waals surface area contributed by atoms with Crippen LogP contribution in [0.2, 0.25) is 0 Å². The smallest absolute Gasteiger partial charge is 0.338 e. The van der Waals surface area contributed by atoms with Gasteiger partial charge < -0.3 is 15.4 Å². The zero-order valence-electron chi connectivity index (χ0n) is 16.2. The Balaban J connectivity index is 1.59. The van der Waals surface area contributed by atoms with Crippen molar-refractivity contribution < 1.29 is 24.0 Å². The summed E-state index contributed by atoms with van der Waals surface area (Å²) in [6.07, 6.45) is -1.12. The molecule has 1 aromatic heterocycles. The number of amides is 2. The third kappa shape index (κ3) is 5.73. The third-order valence-corrected chi connectivity index (χ3v) is 4.97. The fraction of sp³-hybridized carbons (Fsp3) is 0.0952. The van der Waals surface area contributed by atoms with Crippen LogP contribution in [0.4, 0.5) is 17.1 Å². The Morgan fingerprint density at radius 1 is 1.00 bits per heavy atom. The fourth-order valence-electron chi connectivity index (χ4n) is 2.52. The molecular weight excluding hydrogens is 422 g/mol. The SMILES string of the molecule is CC(OC(=O)c1cccc(NC(=O)c2cccs2)c1)C(=O)Nc1ccc([N+](=O)[O-])cc1. The van der Waals surface area contributed by atoms with Gasteiger partial charge in [-0.1, -0.05) is 12.1 Å².